The summed E-state index contributed by atoms with van der Waals surface area (Å²) in [7, 11) is 1.27. The van der Waals surface area contributed by atoms with Crippen LogP contribution in [0.15, 0.2) is 66.9 Å². The molecule has 1 atom stereocenters. The number of aromatic nitrogens is 3. The summed E-state index contributed by atoms with van der Waals surface area (Å²) in [5.74, 6) is -1.41. The highest BCUT2D eigenvalue weighted by atomic mass is 16.5. The van der Waals surface area contributed by atoms with E-state index in [1.807, 2.05) is 36.4 Å². The third-order valence-corrected chi connectivity index (χ3v) is 6.03. The molecule has 1 saturated heterocycles. The van der Waals surface area contributed by atoms with E-state index in [2.05, 4.69) is 15.4 Å². The molecule has 36 heavy (non-hydrogen) atoms. The normalized spacial score (nSPS) is 15.1. The lowest BCUT2D eigenvalue weighted by Gasteiger charge is -2.19. The molecule has 4 aromatic rings. The first-order valence-corrected chi connectivity index (χ1v) is 11.1. The maximum Gasteiger partial charge on any atom is 0.339 e. The number of benzene rings is 2. The zero-order valence-electron chi connectivity index (χ0n) is 19.2. The van der Waals surface area contributed by atoms with Crippen molar-refractivity contribution < 1.29 is 19.1 Å². The van der Waals surface area contributed by atoms with Crippen LogP contribution in [0.1, 0.15) is 22.3 Å². The average molecular weight is 480 g/mol. The molecule has 1 aliphatic heterocycles. The largest absolute Gasteiger partial charge is 0.465 e. The van der Waals surface area contributed by atoms with Crippen LogP contribution >= 0.6 is 0 Å². The lowest BCUT2D eigenvalue weighted by molar-refractivity contribution is -0.122. The molecular formula is C26H20N6O4. The summed E-state index contributed by atoms with van der Waals surface area (Å²) < 4.78 is 6.21. The van der Waals surface area contributed by atoms with Gasteiger partial charge in [0, 0.05) is 18.4 Å². The van der Waals surface area contributed by atoms with Crippen LogP contribution in [0.4, 0.5) is 11.5 Å². The first kappa shape index (κ1) is 22.7. The fourth-order valence-electron chi connectivity index (χ4n) is 4.22. The summed E-state index contributed by atoms with van der Waals surface area (Å²) in [5, 5.41) is 17.5. The fourth-order valence-corrected chi connectivity index (χ4v) is 4.22. The molecule has 1 fully saturated rings. The quantitative estimate of drug-likeness (QED) is 0.435. The second-order valence-corrected chi connectivity index (χ2v) is 8.20. The van der Waals surface area contributed by atoms with Crippen molar-refractivity contribution in [1.82, 2.24) is 14.8 Å². The van der Waals surface area contributed by atoms with E-state index in [9.17, 15) is 19.6 Å². The number of methoxy groups -OCH3 is 1. The van der Waals surface area contributed by atoms with Crippen molar-refractivity contribution in [3.63, 3.8) is 0 Å². The van der Waals surface area contributed by atoms with Gasteiger partial charge in [-0.15, -0.1) is 0 Å². The molecule has 0 spiro atoms. The molecule has 3 heterocycles. The maximum atomic E-state index is 13.2. The highest BCUT2D eigenvalue weighted by molar-refractivity contribution is 6.07. The maximum absolute atomic E-state index is 13.2. The van der Waals surface area contributed by atoms with Gasteiger partial charge in [0.1, 0.15) is 11.6 Å². The van der Waals surface area contributed by atoms with Crippen LogP contribution in [0.2, 0.25) is 0 Å². The summed E-state index contributed by atoms with van der Waals surface area (Å²) in [6.07, 6.45) is 1.30. The van der Waals surface area contributed by atoms with E-state index in [0.717, 1.165) is 10.9 Å². The van der Waals surface area contributed by atoms with E-state index in [1.165, 1.54) is 22.9 Å². The molecule has 1 aliphatic rings. The molecule has 0 saturated carbocycles. The van der Waals surface area contributed by atoms with Gasteiger partial charge in [-0.3, -0.25) is 9.59 Å². The molecule has 1 unspecified atom stereocenters. The second kappa shape index (κ2) is 9.31. The highest BCUT2D eigenvalue weighted by Gasteiger charge is 2.37. The Hall–Kier alpha value is -5.04. The Labute approximate surface area is 205 Å². The number of pyridine rings is 1. The van der Waals surface area contributed by atoms with Crippen LogP contribution in [0.5, 0.6) is 0 Å². The van der Waals surface area contributed by atoms with Crippen molar-refractivity contribution in [1.29, 1.82) is 5.26 Å². The zero-order chi connectivity index (χ0) is 25.2. The molecule has 0 radical (unpaired) electrons. The molecule has 10 heteroatoms. The number of ether oxygens (including phenoxy) is 1. The summed E-state index contributed by atoms with van der Waals surface area (Å²) in [6.45, 7) is 0.0723. The van der Waals surface area contributed by atoms with E-state index >= 15 is 0 Å². The zero-order valence-corrected chi connectivity index (χ0v) is 19.2. The predicted octanol–water partition coefficient (Wildman–Crippen LogP) is 3.07. The lowest BCUT2D eigenvalue weighted by atomic mass is 10.1. The van der Waals surface area contributed by atoms with Gasteiger partial charge in [-0.1, -0.05) is 30.3 Å². The number of nitrogens with one attached hydrogen (secondary N) is 1. The Morgan fingerprint density at radius 3 is 2.69 bits per heavy atom. The van der Waals surface area contributed by atoms with Crippen molar-refractivity contribution >= 4 is 40.2 Å². The number of fused-ring (bicyclic) bond motifs is 1. The number of nitrogens with zero attached hydrogens (tertiary/aromatic N) is 5. The average Bonchev–Trinajstić information content (AvgIpc) is 3.51. The van der Waals surface area contributed by atoms with Crippen LogP contribution in [0, 0.1) is 17.2 Å². The van der Waals surface area contributed by atoms with Crippen molar-refractivity contribution in [3.05, 3.63) is 78.0 Å². The third-order valence-electron chi connectivity index (χ3n) is 6.03. The molecular weight excluding hydrogens is 460 g/mol. The Morgan fingerprint density at radius 2 is 1.89 bits per heavy atom. The Morgan fingerprint density at radius 1 is 1.11 bits per heavy atom. The van der Waals surface area contributed by atoms with Gasteiger partial charge in [0.05, 0.1) is 36.0 Å². The van der Waals surface area contributed by atoms with Gasteiger partial charge in [-0.05, 0) is 30.3 Å². The molecule has 2 amide bonds. The monoisotopic (exact) mass is 480 g/mol. The van der Waals surface area contributed by atoms with Gasteiger partial charge in [0.2, 0.25) is 11.8 Å². The van der Waals surface area contributed by atoms with E-state index in [4.69, 9.17) is 4.74 Å². The van der Waals surface area contributed by atoms with Crippen LogP contribution in [0.25, 0.3) is 16.7 Å². The molecule has 1 N–H and O–H groups in total. The number of esters is 1. The second-order valence-electron chi connectivity index (χ2n) is 8.20. The third kappa shape index (κ3) is 4.03. The highest BCUT2D eigenvalue weighted by Crippen LogP contribution is 2.30. The topological polar surface area (TPSA) is 130 Å². The summed E-state index contributed by atoms with van der Waals surface area (Å²) in [4.78, 5) is 44.2. The van der Waals surface area contributed by atoms with Gasteiger partial charge in [-0.25, -0.2) is 9.78 Å². The van der Waals surface area contributed by atoms with E-state index in [0.29, 0.717) is 11.5 Å². The summed E-state index contributed by atoms with van der Waals surface area (Å²) in [5.41, 5.74) is 1.52. The van der Waals surface area contributed by atoms with E-state index in [1.54, 1.807) is 30.3 Å². The molecule has 178 valence electrons. The number of para-hydroxylation sites is 2. The molecule has 0 bridgehead atoms. The standard InChI is InChI=1S/C26H20N6O4/c1-36-26(35)19-7-3-5-9-21(19)31-15-17(12-23(31)33)25(34)30-24-18(13-27)14-28-32(24)22-11-10-16-6-2-4-8-20(16)29-22/h2-11,14,17H,12,15H2,1H3,(H,30,34). The Bertz CT molecular complexity index is 1550. The SMILES string of the molecule is COC(=O)c1ccccc1N1CC(C(=O)Nc2c(C#N)cnn2-c2ccc3ccccc3n2)CC1=O. The van der Waals surface area contributed by atoms with E-state index in [-0.39, 0.29) is 35.8 Å². The number of carbonyl (C=O) groups excluding carboxylic acids is 3. The van der Waals surface area contributed by atoms with Crippen LogP contribution in [-0.2, 0) is 14.3 Å². The van der Waals surface area contributed by atoms with Crippen molar-refractivity contribution in [2.75, 3.05) is 23.9 Å². The van der Waals surface area contributed by atoms with Gasteiger partial charge in [-0.2, -0.15) is 15.0 Å². The first-order valence-electron chi connectivity index (χ1n) is 11.1. The van der Waals surface area contributed by atoms with Crippen molar-refractivity contribution in [2.45, 2.75) is 6.42 Å². The van der Waals surface area contributed by atoms with Crippen molar-refractivity contribution in [2.24, 2.45) is 5.92 Å². The summed E-state index contributed by atoms with van der Waals surface area (Å²) >= 11 is 0. The van der Waals surface area contributed by atoms with Crippen LogP contribution < -0.4 is 10.2 Å². The van der Waals surface area contributed by atoms with Gasteiger partial charge >= 0.3 is 5.97 Å². The summed E-state index contributed by atoms with van der Waals surface area (Å²) in [6, 6.07) is 19.8. The molecule has 0 aliphatic carbocycles. The predicted molar refractivity (Wildman–Crippen MR) is 130 cm³/mol. The van der Waals surface area contributed by atoms with E-state index < -0.39 is 17.8 Å². The number of rotatable bonds is 5. The van der Waals surface area contributed by atoms with Gasteiger partial charge in [0.25, 0.3) is 0 Å². The Balaban J connectivity index is 1.41. The van der Waals surface area contributed by atoms with Gasteiger partial charge in [0.15, 0.2) is 11.6 Å². The van der Waals surface area contributed by atoms with Gasteiger partial charge < -0.3 is 15.0 Å². The number of hydrogen-bond acceptors (Lipinski definition) is 7. The number of nitriles is 1. The minimum absolute atomic E-state index is 0.0500. The molecule has 2 aromatic heterocycles. The number of anilines is 2. The fraction of sp³-hybridized carbons (Fsp3) is 0.154. The molecule has 2 aromatic carbocycles. The van der Waals surface area contributed by atoms with Crippen LogP contribution in [0.3, 0.4) is 0 Å². The number of hydrogen-bond donors (Lipinski definition) is 1. The number of carbonyl (C=O) groups is 3. The minimum atomic E-state index is -0.706. The van der Waals surface area contributed by atoms with Crippen molar-refractivity contribution in [3.8, 4) is 11.9 Å². The lowest BCUT2D eigenvalue weighted by Crippen LogP contribution is -2.30. The van der Waals surface area contributed by atoms with Crippen LogP contribution in [-0.4, -0.2) is 46.2 Å². The smallest absolute Gasteiger partial charge is 0.339 e. The minimum Gasteiger partial charge on any atom is -0.465 e. The number of amides is 2. The Kier molecular flexibility index (Phi) is 5.88. The molecule has 5 rings (SSSR count). The first-order chi connectivity index (χ1) is 17.5. The molecule has 10 nitrogen and oxygen atoms in total.